The van der Waals surface area contributed by atoms with Crippen LogP contribution in [0.25, 0.3) is 0 Å². The number of rotatable bonds is 14. The molecule has 41 heavy (non-hydrogen) atoms. The Hall–Kier alpha value is -4.54. The molecule has 0 aliphatic rings. The summed E-state index contributed by atoms with van der Waals surface area (Å²) in [6.07, 6.45) is -0.173. The molecular formula is C30H37N3O8. The third kappa shape index (κ3) is 11.2. The van der Waals surface area contributed by atoms with E-state index in [1.165, 1.54) is 0 Å². The fraction of sp³-hybridized carbons (Fsp3) is 0.400. The first-order valence-electron chi connectivity index (χ1n) is 13.4. The summed E-state index contributed by atoms with van der Waals surface area (Å²) in [5.74, 6) is -6.52. The molecule has 0 bridgehead atoms. The molecule has 0 aromatic heterocycles. The van der Waals surface area contributed by atoms with E-state index in [-0.39, 0.29) is 31.5 Å². The molecule has 0 radical (unpaired) electrons. The highest BCUT2D eigenvalue weighted by Gasteiger charge is 2.33. The SMILES string of the molecule is CC[C@H](C)[C@H](NC(=O)OCc1ccccc1)C(=O)N[C@@H](CC(C)C)C(=O)NC(=O)C(=O)C(=O)OCc1ccccc1. The Morgan fingerprint density at radius 1 is 0.732 bits per heavy atom. The number of nitrogens with one attached hydrogen (secondary N) is 3. The van der Waals surface area contributed by atoms with Crippen LogP contribution in [0.3, 0.4) is 0 Å². The molecule has 0 saturated heterocycles. The standard InChI is InChI=1S/C30H37N3O8/c1-5-20(4)24(32-30(39)41-18-22-14-10-7-11-15-22)27(36)31-23(16-19(2)3)26(35)33-28(37)25(34)29(38)40-17-21-12-8-6-9-13-21/h6-15,19-20,23-24H,5,16-18H2,1-4H3,(H,31,36)(H,32,39)(H,33,35,37)/t20-,23-,24-/m0/s1. The molecule has 0 fully saturated rings. The summed E-state index contributed by atoms with van der Waals surface area (Å²) in [6, 6.07) is 15.3. The molecule has 2 aromatic carbocycles. The maximum atomic E-state index is 13.2. The van der Waals surface area contributed by atoms with Gasteiger partial charge in [-0.2, -0.15) is 0 Å². The van der Waals surface area contributed by atoms with Gasteiger partial charge in [-0.3, -0.25) is 24.5 Å². The van der Waals surface area contributed by atoms with Gasteiger partial charge in [0.15, 0.2) is 0 Å². The van der Waals surface area contributed by atoms with Crippen molar-refractivity contribution in [3.8, 4) is 0 Å². The van der Waals surface area contributed by atoms with Crippen LogP contribution in [-0.4, -0.2) is 47.7 Å². The molecule has 0 unspecified atom stereocenters. The molecular weight excluding hydrogens is 530 g/mol. The summed E-state index contributed by atoms with van der Waals surface area (Å²) >= 11 is 0. The molecule has 3 atom stereocenters. The van der Waals surface area contributed by atoms with Gasteiger partial charge in [0.2, 0.25) is 11.8 Å². The number of Topliss-reactive ketones (excluding diaryl/α,β-unsaturated/α-hetero) is 1. The van der Waals surface area contributed by atoms with Crippen LogP contribution in [0.2, 0.25) is 0 Å². The maximum Gasteiger partial charge on any atom is 0.408 e. The number of ketones is 1. The lowest BCUT2D eigenvalue weighted by Crippen LogP contribution is -2.57. The first-order valence-corrected chi connectivity index (χ1v) is 13.4. The molecule has 220 valence electrons. The topological polar surface area (TPSA) is 157 Å². The van der Waals surface area contributed by atoms with Crippen molar-refractivity contribution >= 4 is 35.6 Å². The van der Waals surface area contributed by atoms with Crippen molar-refractivity contribution in [1.29, 1.82) is 0 Å². The fourth-order valence-corrected chi connectivity index (χ4v) is 3.70. The van der Waals surface area contributed by atoms with E-state index in [0.29, 0.717) is 12.0 Å². The summed E-state index contributed by atoms with van der Waals surface area (Å²) in [5, 5.41) is 6.99. The number of ether oxygens (including phenoxy) is 2. The number of carbonyl (C=O) groups excluding carboxylic acids is 6. The van der Waals surface area contributed by atoms with Gasteiger partial charge in [0.25, 0.3) is 0 Å². The van der Waals surface area contributed by atoms with E-state index in [0.717, 1.165) is 5.56 Å². The lowest BCUT2D eigenvalue weighted by atomic mass is 9.97. The number of alkyl carbamates (subject to hydrolysis) is 1. The van der Waals surface area contributed by atoms with Crippen molar-refractivity contribution in [1.82, 2.24) is 16.0 Å². The Morgan fingerprint density at radius 3 is 1.78 bits per heavy atom. The first-order chi connectivity index (χ1) is 19.5. The average molecular weight is 568 g/mol. The van der Waals surface area contributed by atoms with Gasteiger partial charge < -0.3 is 20.1 Å². The van der Waals surface area contributed by atoms with Crippen molar-refractivity contribution in [3.05, 3.63) is 71.8 Å². The second-order valence-electron chi connectivity index (χ2n) is 9.97. The number of imide groups is 1. The summed E-state index contributed by atoms with van der Waals surface area (Å²) in [6.45, 7) is 6.96. The Balaban J connectivity index is 2.01. The predicted octanol–water partition coefficient (Wildman–Crippen LogP) is 2.81. The van der Waals surface area contributed by atoms with E-state index < -0.39 is 47.7 Å². The lowest BCUT2D eigenvalue weighted by Gasteiger charge is -2.26. The molecule has 0 spiro atoms. The fourth-order valence-electron chi connectivity index (χ4n) is 3.70. The van der Waals surface area contributed by atoms with Crippen LogP contribution in [0, 0.1) is 11.8 Å². The number of carbonyl (C=O) groups is 6. The van der Waals surface area contributed by atoms with Crippen molar-refractivity contribution in [2.24, 2.45) is 11.8 Å². The normalized spacial score (nSPS) is 12.8. The minimum atomic E-state index is -1.55. The van der Waals surface area contributed by atoms with Gasteiger partial charge in [-0.1, -0.05) is 94.8 Å². The van der Waals surface area contributed by atoms with Crippen LogP contribution >= 0.6 is 0 Å². The molecule has 0 aliphatic heterocycles. The number of esters is 1. The van der Waals surface area contributed by atoms with E-state index in [9.17, 15) is 28.8 Å². The van der Waals surface area contributed by atoms with Crippen molar-refractivity contribution < 1.29 is 38.2 Å². The molecule has 2 aromatic rings. The van der Waals surface area contributed by atoms with Gasteiger partial charge in [0.05, 0.1) is 0 Å². The van der Waals surface area contributed by atoms with E-state index >= 15 is 0 Å². The maximum absolute atomic E-state index is 13.2. The molecule has 4 amide bonds. The monoisotopic (exact) mass is 567 g/mol. The first kappa shape index (κ1) is 32.7. The molecule has 0 saturated carbocycles. The van der Waals surface area contributed by atoms with Crippen LogP contribution < -0.4 is 16.0 Å². The molecule has 11 heteroatoms. The second-order valence-corrected chi connectivity index (χ2v) is 9.97. The van der Waals surface area contributed by atoms with Crippen LogP contribution in [0.15, 0.2) is 60.7 Å². The quantitative estimate of drug-likeness (QED) is 0.179. The highest BCUT2D eigenvalue weighted by molar-refractivity contribution is 6.62. The van der Waals surface area contributed by atoms with Gasteiger partial charge in [-0.25, -0.2) is 9.59 Å². The number of hydrogen-bond donors (Lipinski definition) is 3. The zero-order chi connectivity index (χ0) is 30.4. The minimum Gasteiger partial charge on any atom is -0.455 e. The molecule has 2 rings (SSSR count). The Labute approximate surface area is 239 Å². The minimum absolute atomic E-state index is 0.00379. The van der Waals surface area contributed by atoms with Crippen LogP contribution in [0.4, 0.5) is 4.79 Å². The molecule has 0 heterocycles. The molecule has 3 N–H and O–H groups in total. The van der Waals surface area contributed by atoms with Gasteiger partial charge in [-0.05, 0) is 29.4 Å². The summed E-state index contributed by atoms with van der Waals surface area (Å²) in [5.41, 5.74) is 1.38. The molecule has 11 nitrogen and oxygen atoms in total. The van der Waals surface area contributed by atoms with Gasteiger partial charge in [0.1, 0.15) is 25.3 Å². The second kappa shape index (κ2) is 16.5. The molecule has 0 aliphatic carbocycles. The number of amides is 4. The summed E-state index contributed by atoms with van der Waals surface area (Å²) < 4.78 is 10.1. The Morgan fingerprint density at radius 2 is 1.27 bits per heavy atom. The highest BCUT2D eigenvalue weighted by Crippen LogP contribution is 2.12. The van der Waals surface area contributed by atoms with Gasteiger partial charge >= 0.3 is 23.8 Å². The zero-order valence-electron chi connectivity index (χ0n) is 23.7. The lowest BCUT2D eigenvalue weighted by molar-refractivity contribution is -0.158. The Bertz CT molecular complexity index is 1200. The third-order valence-electron chi connectivity index (χ3n) is 6.16. The van der Waals surface area contributed by atoms with Crippen LogP contribution in [0.1, 0.15) is 51.7 Å². The highest BCUT2D eigenvalue weighted by atomic mass is 16.5. The number of hydrogen-bond acceptors (Lipinski definition) is 8. The summed E-state index contributed by atoms with van der Waals surface area (Å²) in [4.78, 5) is 75.2. The van der Waals surface area contributed by atoms with E-state index in [1.54, 1.807) is 75.4 Å². The largest absolute Gasteiger partial charge is 0.455 e. The van der Waals surface area contributed by atoms with Gasteiger partial charge in [0, 0.05) is 0 Å². The smallest absolute Gasteiger partial charge is 0.408 e. The van der Waals surface area contributed by atoms with Crippen LogP contribution in [-0.2, 0) is 46.7 Å². The van der Waals surface area contributed by atoms with E-state index in [2.05, 4.69) is 10.6 Å². The van der Waals surface area contributed by atoms with Crippen LogP contribution in [0.5, 0.6) is 0 Å². The van der Waals surface area contributed by atoms with Gasteiger partial charge in [-0.15, -0.1) is 0 Å². The van der Waals surface area contributed by atoms with Crippen molar-refractivity contribution in [3.63, 3.8) is 0 Å². The predicted molar refractivity (Wildman–Crippen MR) is 149 cm³/mol. The zero-order valence-corrected chi connectivity index (χ0v) is 23.7. The summed E-state index contributed by atoms with van der Waals surface area (Å²) in [7, 11) is 0. The van der Waals surface area contributed by atoms with E-state index in [4.69, 9.17) is 9.47 Å². The van der Waals surface area contributed by atoms with Crippen molar-refractivity contribution in [2.45, 2.75) is 65.8 Å². The average Bonchev–Trinajstić information content (AvgIpc) is 2.97. The van der Waals surface area contributed by atoms with E-state index in [1.807, 2.05) is 18.3 Å². The third-order valence-corrected chi connectivity index (χ3v) is 6.16. The Kier molecular flexibility index (Phi) is 13.2. The van der Waals surface area contributed by atoms with Crippen molar-refractivity contribution in [2.75, 3.05) is 0 Å². The number of benzene rings is 2.